The Bertz CT molecular complexity index is 331. The second kappa shape index (κ2) is 7.49. The SMILES string of the molecule is Fc1ccc(CCNCCCN2CCCC2)cc1. The highest BCUT2D eigenvalue weighted by Gasteiger charge is 2.09. The number of nitrogens with zero attached hydrogens (tertiary/aromatic N) is 1. The molecular formula is C15H23FN2. The summed E-state index contributed by atoms with van der Waals surface area (Å²) >= 11 is 0. The van der Waals surface area contributed by atoms with Crippen LogP contribution < -0.4 is 5.32 Å². The quantitative estimate of drug-likeness (QED) is 0.748. The minimum absolute atomic E-state index is 0.155. The first-order valence-corrected chi connectivity index (χ1v) is 7.02. The average molecular weight is 250 g/mol. The van der Waals surface area contributed by atoms with Gasteiger partial charge in [-0.25, -0.2) is 4.39 Å². The normalized spacial score (nSPS) is 16.3. The molecule has 2 rings (SSSR count). The molecule has 1 saturated heterocycles. The standard InChI is InChI=1S/C15H23FN2/c16-15-6-4-14(5-7-15)8-10-17-9-3-13-18-11-1-2-12-18/h4-7,17H,1-3,8-13H2. The van der Waals surface area contributed by atoms with Crippen LogP contribution in [0.4, 0.5) is 4.39 Å². The molecule has 18 heavy (non-hydrogen) atoms. The summed E-state index contributed by atoms with van der Waals surface area (Å²) in [5, 5.41) is 3.45. The number of hydrogen-bond acceptors (Lipinski definition) is 2. The van der Waals surface area contributed by atoms with E-state index in [-0.39, 0.29) is 5.82 Å². The molecule has 0 spiro atoms. The van der Waals surface area contributed by atoms with Gasteiger partial charge in [-0.3, -0.25) is 0 Å². The Labute approximate surface area is 109 Å². The molecule has 0 saturated carbocycles. The molecule has 1 fully saturated rings. The maximum Gasteiger partial charge on any atom is 0.123 e. The Balaban J connectivity index is 1.49. The summed E-state index contributed by atoms with van der Waals surface area (Å²) in [5.41, 5.74) is 1.20. The minimum Gasteiger partial charge on any atom is -0.316 e. The molecule has 0 radical (unpaired) electrons. The van der Waals surface area contributed by atoms with Crippen molar-refractivity contribution in [3.63, 3.8) is 0 Å². The van der Waals surface area contributed by atoms with Crippen LogP contribution in [0.3, 0.4) is 0 Å². The van der Waals surface area contributed by atoms with E-state index < -0.39 is 0 Å². The second-order valence-corrected chi connectivity index (χ2v) is 5.03. The summed E-state index contributed by atoms with van der Waals surface area (Å²) in [6, 6.07) is 6.79. The maximum atomic E-state index is 12.7. The van der Waals surface area contributed by atoms with E-state index in [1.54, 1.807) is 0 Å². The van der Waals surface area contributed by atoms with Gasteiger partial charge in [0.15, 0.2) is 0 Å². The highest BCUT2D eigenvalue weighted by molar-refractivity contribution is 5.16. The second-order valence-electron chi connectivity index (χ2n) is 5.03. The Morgan fingerprint density at radius 1 is 1.06 bits per heavy atom. The maximum absolute atomic E-state index is 12.7. The first kappa shape index (κ1) is 13.5. The lowest BCUT2D eigenvalue weighted by Crippen LogP contribution is -2.25. The van der Waals surface area contributed by atoms with Crippen molar-refractivity contribution in [2.45, 2.75) is 25.7 Å². The smallest absolute Gasteiger partial charge is 0.123 e. The lowest BCUT2D eigenvalue weighted by Gasteiger charge is -2.14. The van der Waals surface area contributed by atoms with Gasteiger partial charge in [0, 0.05) is 0 Å². The molecule has 2 nitrogen and oxygen atoms in total. The third-order valence-corrected chi connectivity index (χ3v) is 3.53. The average Bonchev–Trinajstić information content (AvgIpc) is 2.89. The molecule has 1 aliphatic rings. The number of hydrogen-bond donors (Lipinski definition) is 1. The number of benzene rings is 1. The monoisotopic (exact) mass is 250 g/mol. The molecular weight excluding hydrogens is 227 g/mol. The summed E-state index contributed by atoms with van der Waals surface area (Å²) in [5.74, 6) is -0.155. The van der Waals surface area contributed by atoms with Gasteiger partial charge < -0.3 is 10.2 Å². The number of rotatable bonds is 7. The Hall–Kier alpha value is -0.930. The van der Waals surface area contributed by atoms with Crippen LogP contribution in [0.2, 0.25) is 0 Å². The topological polar surface area (TPSA) is 15.3 Å². The summed E-state index contributed by atoms with van der Waals surface area (Å²) in [4.78, 5) is 2.54. The van der Waals surface area contributed by atoms with Gasteiger partial charge in [-0.2, -0.15) is 0 Å². The highest BCUT2D eigenvalue weighted by Crippen LogP contribution is 2.07. The fraction of sp³-hybridized carbons (Fsp3) is 0.600. The van der Waals surface area contributed by atoms with Crippen LogP contribution in [-0.2, 0) is 6.42 Å². The van der Waals surface area contributed by atoms with Crippen LogP contribution in [0.25, 0.3) is 0 Å². The summed E-state index contributed by atoms with van der Waals surface area (Å²) in [6.07, 6.45) is 4.95. The minimum atomic E-state index is -0.155. The van der Waals surface area contributed by atoms with E-state index in [1.165, 1.54) is 56.6 Å². The molecule has 0 aromatic heterocycles. The number of nitrogens with one attached hydrogen (secondary N) is 1. The number of likely N-dealkylation sites (tertiary alicyclic amines) is 1. The summed E-state index contributed by atoms with van der Waals surface area (Å²) in [7, 11) is 0. The first-order chi connectivity index (χ1) is 8.84. The van der Waals surface area contributed by atoms with Crippen molar-refractivity contribution in [2.24, 2.45) is 0 Å². The van der Waals surface area contributed by atoms with Crippen molar-refractivity contribution < 1.29 is 4.39 Å². The van der Waals surface area contributed by atoms with Crippen molar-refractivity contribution in [2.75, 3.05) is 32.7 Å². The third kappa shape index (κ3) is 4.75. The van der Waals surface area contributed by atoms with Crippen LogP contribution >= 0.6 is 0 Å². The Morgan fingerprint density at radius 2 is 1.78 bits per heavy atom. The predicted molar refractivity (Wildman–Crippen MR) is 73.3 cm³/mol. The van der Waals surface area contributed by atoms with Gasteiger partial charge in [-0.05, 0) is 76.1 Å². The molecule has 100 valence electrons. The van der Waals surface area contributed by atoms with Gasteiger partial charge in [-0.15, -0.1) is 0 Å². The van der Waals surface area contributed by atoms with Crippen LogP contribution in [0, 0.1) is 5.82 Å². The molecule has 1 N–H and O–H groups in total. The fourth-order valence-electron chi connectivity index (χ4n) is 2.44. The van der Waals surface area contributed by atoms with E-state index in [0.717, 1.165) is 19.5 Å². The van der Waals surface area contributed by atoms with Crippen molar-refractivity contribution in [1.82, 2.24) is 10.2 Å². The van der Waals surface area contributed by atoms with Crippen LogP contribution in [0.1, 0.15) is 24.8 Å². The molecule has 1 aliphatic heterocycles. The van der Waals surface area contributed by atoms with Gasteiger partial charge >= 0.3 is 0 Å². The molecule has 0 bridgehead atoms. The largest absolute Gasteiger partial charge is 0.316 e. The molecule has 3 heteroatoms. The first-order valence-electron chi connectivity index (χ1n) is 7.02. The lowest BCUT2D eigenvalue weighted by molar-refractivity contribution is 0.331. The summed E-state index contributed by atoms with van der Waals surface area (Å²) in [6.45, 7) is 5.86. The Kier molecular flexibility index (Phi) is 5.62. The third-order valence-electron chi connectivity index (χ3n) is 3.53. The van der Waals surface area contributed by atoms with Gasteiger partial charge in [0.2, 0.25) is 0 Å². The molecule has 0 amide bonds. The molecule has 1 heterocycles. The van der Waals surface area contributed by atoms with Crippen molar-refractivity contribution in [3.8, 4) is 0 Å². The van der Waals surface area contributed by atoms with Crippen molar-refractivity contribution in [3.05, 3.63) is 35.6 Å². The van der Waals surface area contributed by atoms with E-state index in [2.05, 4.69) is 10.2 Å². The van der Waals surface area contributed by atoms with Crippen LogP contribution in [0.15, 0.2) is 24.3 Å². The van der Waals surface area contributed by atoms with Crippen molar-refractivity contribution in [1.29, 1.82) is 0 Å². The van der Waals surface area contributed by atoms with E-state index in [0.29, 0.717) is 0 Å². The zero-order valence-corrected chi connectivity index (χ0v) is 11.0. The van der Waals surface area contributed by atoms with Gasteiger partial charge in [-0.1, -0.05) is 12.1 Å². The van der Waals surface area contributed by atoms with E-state index in [9.17, 15) is 4.39 Å². The zero-order valence-electron chi connectivity index (χ0n) is 11.0. The molecule has 0 aliphatic carbocycles. The van der Waals surface area contributed by atoms with E-state index >= 15 is 0 Å². The van der Waals surface area contributed by atoms with Crippen molar-refractivity contribution >= 4 is 0 Å². The molecule has 0 unspecified atom stereocenters. The lowest BCUT2D eigenvalue weighted by atomic mass is 10.1. The van der Waals surface area contributed by atoms with E-state index in [4.69, 9.17) is 0 Å². The number of halogens is 1. The van der Waals surface area contributed by atoms with Gasteiger partial charge in [0.1, 0.15) is 5.82 Å². The molecule has 1 aromatic rings. The molecule has 1 aromatic carbocycles. The fourth-order valence-corrected chi connectivity index (χ4v) is 2.44. The molecule has 0 atom stereocenters. The summed E-state index contributed by atoms with van der Waals surface area (Å²) < 4.78 is 12.7. The Morgan fingerprint density at radius 3 is 2.50 bits per heavy atom. The van der Waals surface area contributed by atoms with Gasteiger partial charge in [0.05, 0.1) is 0 Å². The predicted octanol–water partition coefficient (Wildman–Crippen LogP) is 2.44. The van der Waals surface area contributed by atoms with Gasteiger partial charge in [0.25, 0.3) is 0 Å². The highest BCUT2D eigenvalue weighted by atomic mass is 19.1. The van der Waals surface area contributed by atoms with Crippen LogP contribution in [-0.4, -0.2) is 37.6 Å². The zero-order chi connectivity index (χ0) is 12.6. The van der Waals surface area contributed by atoms with Crippen LogP contribution in [0.5, 0.6) is 0 Å². The van der Waals surface area contributed by atoms with E-state index in [1.807, 2.05) is 12.1 Å².